The van der Waals surface area contributed by atoms with Gasteiger partial charge in [0.15, 0.2) is 0 Å². The summed E-state index contributed by atoms with van der Waals surface area (Å²) >= 11 is 1.44. The summed E-state index contributed by atoms with van der Waals surface area (Å²) in [4.78, 5) is 12.7. The molecular formula is C18H19NO2S. The number of rotatable bonds is 4. The molecule has 114 valence electrons. The van der Waals surface area contributed by atoms with Crippen LogP contribution in [0, 0.1) is 0 Å². The van der Waals surface area contributed by atoms with Crippen molar-refractivity contribution in [3.05, 3.63) is 52.2 Å². The molecule has 4 heteroatoms. The molecule has 0 fully saturated rings. The van der Waals surface area contributed by atoms with Crippen LogP contribution in [0.1, 0.15) is 40.9 Å². The van der Waals surface area contributed by atoms with Gasteiger partial charge in [-0.2, -0.15) is 0 Å². The molecule has 0 atom stereocenters. The summed E-state index contributed by atoms with van der Waals surface area (Å²) in [6, 6.07) is 9.93. The molecule has 1 aromatic carbocycles. The minimum absolute atomic E-state index is 0.286. The smallest absolute Gasteiger partial charge is 0.350 e. The lowest BCUT2D eigenvalue weighted by Crippen LogP contribution is -2.04. The number of ether oxygens (including phenoxy) is 1. The van der Waals surface area contributed by atoms with Gasteiger partial charge in [-0.3, -0.25) is 0 Å². The van der Waals surface area contributed by atoms with Crippen molar-refractivity contribution in [2.24, 2.45) is 0 Å². The van der Waals surface area contributed by atoms with Gasteiger partial charge in [0.05, 0.1) is 12.8 Å². The van der Waals surface area contributed by atoms with Crippen LogP contribution in [-0.2, 0) is 4.74 Å². The highest BCUT2D eigenvalue weighted by Crippen LogP contribution is 2.39. The van der Waals surface area contributed by atoms with Crippen LogP contribution in [0.25, 0.3) is 5.57 Å². The van der Waals surface area contributed by atoms with Crippen LogP contribution in [0.5, 0.6) is 0 Å². The highest BCUT2D eigenvalue weighted by atomic mass is 32.1. The Hall–Kier alpha value is -2.07. The number of hydrogen-bond donors (Lipinski definition) is 1. The van der Waals surface area contributed by atoms with Gasteiger partial charge in [0.1, 0.15) is 4.88 Å². The third kappa shape index (κ3) is 3.07. The van der Waals surface area contributed by atoms with Crippen LogP contribution in [0.4, 0.5) is 11.4 Å². The van der Waals surface area contributed by atoms with Gasteiger partial charge in [-0.15, -0.1) is 11.3 Å². The first-order valence-corrected chi connectivity index (χ1v) is 8.39. The van der Waals surface area contributed by atoms with E-state index in [1.165, 1.54) is 36.9 Å². The van der Waals surface area contributed by atoms with Crippen molar-refractivity contribution < 1.29 is 9.53 Å². The fourth-order valence-corrected chi connectivity index (χ4v) is 3.67. The molecular weight excluding hydrogens is 294 g/mol. The Morgan fingerprint density at radius 3 is 2.73 bits per heavy atom. The second-order valence-corrected chi connectivity index (χ2v) is 6.19. The third-order valence-corrected chi connectivity index (χ3v) is 4.80. The van der Waals surface area contributed by atoms with E-state index in [0.717, 1.165) is 29.8 Å². The molecule has 0 saturated heterocycles. The van der Waals surface area contributed by atoms with E-state index in [-0.39, 0.29) is 5.97 Å². The SMILES string of the molecule is COC(=O)c1scc(C2=CCCCC2)c1Nc1ccccc1. The fraction of sp³-hybridized carbons (Fsp3) is 0.278. The van der Waals surface area contributed by atoms with Crippen LogP contribution in [0.2, 0.25) is 0 Å². The maximum Gasteiger partial charge on any atom is 0.350 e. The summed E-state index contributed by atoms with van der Waals surface area (Å²) in [6.07, 6.45) is 6.94. The molecule has 3 rings (SSSR count). The van der Waals surface area contributed by atoms with E-state index in [1.54, 1.807) is 0 Å². The fourth-order valence-electron chi connectivity index (χ4n) is 2.71. The van der Waals surface area contributed by atoms with E-state index in [4.69, 9.17) is 4.74 Å². The minimum Gasteiger partial charge on any atom is -0.465 e. The van der Waals surface area contributed by atoms with Crippen molar-refractivity contribution in [2.45, 2.75) is 25.7 Å². The van der Waals surface area contributed by atoms with Crippen LogP contribution in [0.15, 0.2) is 41.8 Å². The van der Waals surface area contributed by atoms with Crippen molar-refractivity contribution in [2.75, 3.05) is 12.4 Å². The minimum atomic E-state index is -0.286. The third-order valence-electron chi connectivity index (χ3n) is 3.84. The number of methoxy groups -OCH3 is 1. The van der Waals surface area contributed by atoms with Crippen molar-refractivity contribution in [1.82, 2.24) is 0 Å². The molecule has 1 heterocycles. The van der Waals surface area contributed by atoms with Gasteiger partial charge < -0.3 is 10.1 Å². The molecule has 1 N–H and O–H groups in total. The molecule has 0 amide bonds. The van der Waals surface area contributed by atoms with Gasteiger partial charge in [0.2, 0.25) is 0 Å². The summed E-state index contributed by atoms with van der Waals surface area (Å²) in [5, 5.41) is 5.47. The number of nitrogens with one attached hydrogen (secondary N) is 1. The van der Waals surface area contributed by atoms with Gasteiger partial charge in [-0.05, 0) is 43.4 Å². The molecule has 0 bridgehead atoms. The van der Waals surface area contributed by atoms with Crippen LogP contribution >= 0.6 is 11.3 Å². The van der Waals surface area contributed by atoms with Crippen LogP contribution in [-0.4, -0.2) is 13.1 Å². The van der Waals surface area contributed by atoms with Crippen molar-refractivity contribution in [3.8, 4) is 0 Å². The van der Waals surface area contributed by atoms with Gasteiger partial charge in [0, 0.05) is 16.6 Å². The summed E-state index contributed by atoms with van der Waals surface area (Å²) in [5.74, 6) is -0.286. The Morgan fingerprint density at radius 1 is 1.23 bits per heavy atom. The average molecular weight is 313 g/mol. The number of esters is 1. The summed E-state index contributed by atoms with van der Waals surface area (Å²) in [6.45, 7) is 0. The lowest BCUT2D eigenvalue weighted by Gasteiger charge is -2.15. The first kappa shape index (κ1) is 14.9. The molecule has 0 spiro atoms. The Labute approximate surface area is 134 Å². The number of carbonyl (C=O) groups excluding carboxylic acids is 1. The number of benzene rings is 1. The Bertz CT molecular complexity index is 688. The summed E-state index contributed by atoms with van der Waals surface area (Å²) < 4.78 is 4.93. The topological polar surface area (TPSA) is 38.3 Å². The lowest BCUT2D eigenvalue weighted by molar-refractivity contribution is 0.0607. The molecule has 0 aliphatic heterocycles. The molecule has 22 heavy (non-hydrogen) atoms. The average Bonchev–Trinajstić information content (AvgIpc) is 2.99. The number of thiophene rings is 1. The Balaban J connectivity index is 2.01. The standard InChI is InChI=1S/C18H19NO2S/c1-21-18(20)17-16(19-14-10-6-3-7-11-14)15(12-22-17)13-8-4-2-5-9-13/h3,6-8,10-12,19H,2,4-5,9H2,1H3. The molecule has 2 aromatic rings. The molecule has 0 radical (unpaired) electrons. The van der Waals surface area contributed by atoms with E-state index >= 15 is 0 Å². The predicted octanol–water partition coefficient (Wildman–Crippen LogP) is 5.24. The van der Waals surface area contributed by atoms with Gasteiger partial charge in [-0.25, -0.2) is 4.79 Å². The van der Waals surface area contributed by atoms with Crippen molar-refractivity contribution in [1.29, 1.82) is 0 Å². The van der Waals surface area contributed by atoms with Crippen molar-refractivity contribution in [3.63, 3.8) is 0 Å². The monoisotopic (exact) mass is 313 g/mol. The van der Waals surface area contributed by atoms with Crippen molar-refractivity contribution >= 4 is 34.3 Å². The molecule has 1 aromatic heterocycles. The largest absolute Gasteiger partial charge is 0.465 e. The van der Waals surface area contributed by atoms with Gasteiger partial charge in [-0.1, -0.05) is 24.3 Å². The number of para-hydroxylation sites is 1. The highest BCUT2D eigenvalue weighted by Gasteiger charge is 2.21. The zero-order valence-corrected chi connectivity index (χ0v) is 13.4. The quantitative estimate of drug-likeness (QED) is 0.785. The highest BCUT2D eigenvalue weighted by molar-refractivity contribution is 7.13. The second-order valence-electron chi connectivity index (χ2n) is 5.31. The zero-order valence-electron chi connectivity index (χ0n) is 12.6. The number of anilines is 2. The predicted molar refractivity (Wildman–Crippen MR) is 91.8 cm³/mol. The Kier molecular flexibility index (Phi) is 4.59. The molecule has 3 nitrogen and oxygen atoms in total. The van der Waals surface area contributed by atoms with Crippen LogP contribution in [0.3, 0.4) is 0 Å². The number of carbonyl (C=O) groups is 1. The number of hydrogen-bond acceptors (Lipinski definition) is 4. The van der Waals surface area contributed by atoms with E-state index < -0.39 is 0 Å². The lowest BCUT2D eigenvalue weighted by atomic mass is 9.94. The molecule has 1 aliphatic carbocycles. The van der Waals surface area contributed by atoms with E-state index in [2.05, 4.69) is 16.8 Å². The Morgan fingerprint density at radius 2 is 2.05 bits per heavy atom. The van der Waals surface area contributed by atoms with E-state index in [1.807, 2.05) is 30.3 Å². The normalized spacial score (nSPS) is 14.3. The molecule has 0 unspecified atom stereocenters. The van der Waals surface area contributed by atoms with Gasteiger partial charge in [0.25, 0.3) is 0 Å². The maximum atomic E-state index is 12.0. The van der Waals surface area contributed by atoms with Crippen LogP contribution < -0.4 is 5.32 Å². The maximum absolute atomic E-state index is 12.0. The van der Waals surface area contributed by atoms with E-state index in [0.29, 0.717) is 4.88 Å². The molecule has 0 saturated carbocycles. The second kappa shape index (κ2) is 6.79. The first-order chi connectivity index (χ1) is 10.8. The molecule has 1 aliphatic rings. The summed E-state index contributed by atoms with van der Waals surface area (Å²) in [7, 11) is 1.42. The van der Waals surface area contributed by atoms with Gasteiger partial charge >= 0.3 is 5.97 Å². The first-order valence-electron chi connectivity index (χ1n) is 7.51. The summed E-state index contributed by atoms with van der Waals surface area (Å²) in [5.41, 5.74) is 4.31. The zero-order chi connectivity index (χ0) is 15.4. The number of allylic oxidation sites excluding steroid dienone is 2. The van der Waals surface area contributed by atoms with E-state index in [9.17, 15) is 4.79 Å².